The first kappa shape index (κ1) is 20.4. The molecule has 0 aliphatic carbocycles. The number of carboxylic acids is 1. The van der Waals surface area contributed by atoms with Crippen molar-refractivity contribution in [2.24, 2.45) is 0 Å². The van der Waals surface area contributed by atoms with Crippen LogP contribution in [0.4, 0.5) is 0 Å². The summed E-state index contributed by atoms with van der Waals surface area (Å²) < 4.78 is 55.4. The number of methoxy groups -OCH3 is 1. The smallest absolute Gasteiger partial charge is 0.321 e. The van der Waals surface area contributed by atoms with Gasteiger partial charge in [-0.15, -0.1) is 0 Å². The highest BCUT2D eigenvalue weighted by molar-refractivity contribution is 7.91. The summed E-state index contributed by atoms with van der Waals surface area (Å²) in [5, 5.41) is 9.17. The van der Waals surface area contributed by atoms with Crippen LogP contribution in [0.5, 0.6) is 5.75 Å². The molecule has 8 nitrogen and oxygen atoms in total. The van der Waals surface area contributed by atoms with Gasteiger partial charge in [0.2, 0.25) is 10.0 Å². The third kappa shape index (κ3) is 5.18. The standard InChI is InChI=1S/C14H21NO7S2/c1-4-5-6-11(14(16)17)15-24(20,21)13-9-10(23(3,18)19)7-8-12(13)22-2/h7-9,11,15H,4-6H2,1-3H3,(H,16,17). The first-order valence-electron chi connectivity index (χ1n) is 7.16. The van der Waals surface area contributed by atoms with Crippen LogP contribution in [0, 0.1) is 0 Å². The number of rotatable bonds is 9. The monoisotopic (exact) mass is 379 g/mol. The highest BCUT2D eigenvalue weighted by Gasteiger charge is 2.28. The molecule has 10 heteroatoms. The van der Waals surface area contributed by atoms with E-state index in [0.717, 1.165) is 12.3 Å². The van der Waals surface area contributed by atoms with Crippen molar-refractivity contribution in [3.8, 4) is 5.75 Å². The van der Waals surface area contributed by atoms with E-state index in [-0.39, 0.29) is 17.1 Å². The van der Waals surface area contributed by atoms with Crippen LogP contribution in [0.1, 0.15) is 26.2 Å². The summed E-state index contributed by atoms with van der Waals surface area (Å²) in [4.78, 5) is 10.6. The summed E-state index contributed by atoms with van der Waals surface area (Å²) in [6.07, 6.45) is 2.30. The summed E-state index contributed by atoms with van der Waals surface area (Å²) >= 11 is 0. The Labute approximate surface area is 141 Å². The molecule has 0 radical (unpaired) electrons. The van der Waals surface area contributed by atoms with Gasteiger partial charge in [0.1, 0.15) is 16.7 Å². The summed E-state index contributed by atoms with van der Waals surface area (Å²) in [6.45, 7) is 1.85. The molecule has 0 bridgehead atoms. The molecule has 1 unspecified atom stereocenters. The van der Waals surface area contributed by atoms with E-state index in [2.05, 4.69) is 4.72 Å². The van der Waals surface area contributed by atoms with Gasteiger partial charge in [-0.25, -0.2) is 16.8 Å². The second-order valence-corrected chi connectivity index (χ2v) is 8.94. The Kier molecular flexibility index (Phi) is 6.76. The van der Waals surface area contributed by atoms with Crippen molar-refractivity contribution in [2.45, 2.75) is 42.0 Å². The Morgan fingerprint density at radius 1 is 1.29 bits per heavy atom. The fraction of sp³-hybridized carbons (Fsp3) is 0.500. The number of aliphatic carboxylic acids is 1. The number of ether oxygens (including phenoxy) is 1. The summed E-state index contributed by atoms with van der Waals surface area (Å²) in [5.41, 5.74) is 0. The SMILES string of the molecule is CCCCC(NS(=O)(=O)c1cc(S(C)(=O)=O)ccc1OC)C(=O)O. The van der Waals surface area contributed by atoms with Gasteiger partial charge in [0.25, 0.3) is 0 Å². The molecule has 1 rings (SSSR count). The highest BCUT2D eigenvalue weighted by Crippen LogP contribution is 2.27. The molecule has 1 aromatic rings. The molecule has 0 fully saturated rings. The molecule has 2 N–H and O–H groups in total. The highest BCUT2D eigenvalue weighted by atomic mass is 32.2. The minimum atomic E-state index is -4.28. The molecule has 1 atom stereocenters. The zero-order valence-electron chi connectivity index (χ0n) is 13.6. The number of sulfone groups is 1. The van der Waals surface area contributed by atoms with Crippen LogP contribution >= 0.6 is 0 Å². The predicted molar refractivity (Wildman–Crippen MR) is 87.4 cm³/mol. The maximum Gasteiger partial charge on any atom is 0.321 e. The maximum atomic E-state index is 12.5. The van der Waals surface area contributed by atoms with E-state index < -0.39 is 36.8 Å². The second-order valence-electron chi connectivity index (χ2n) is 5.24. The largest absolute Gasteiger partial charge is 0.495 e. The van der Waals surface area contributed by atoms with E-state index in [1.165, 1.54) is 19.2 Å². The molecule has 0 amide bonds. The van der Waals surface area contributed by atoms with E-state index in [4.69, 9.17) is 9.84 Å². The Morgan fingerprint density at radius 3 is 2.38 bits per heavy atom. The normalized spacial score (nSPS) is 13.5. The fourth-order valence-electron chi connectivity index (χ4n) is 1.99. The minimum absolute atomic E-state index is 0.0745. The molecule has 0 heterocycles. The van der Waals surface area contributed by atoms with E-state index in [1.807, 2.05) is 6.92 Å². The van der Waals surface area contributed by atoms with Crippen molar-refractivity contribution >= 4 is 25.8 Å². The first-order valence-corrected chi connectivity index (χ1v) is 10.5. The van der Waals surface area contributed by atoms with Crippen LogP contribution < -0.4 is 9.46 Å². The average Bonchev–Trinajstić information content (AvgIpc) is 2.49. The molecule has 136 valence electrons. The summed E-state index contributed by atoms with van der Waals surface area (Å²) in [6, 6.07) is 2.09. The topological polar surface area (TPSA) is 127 Å². The number of carboxylic acid groups (broad SMARTS) is 1. The fourth-order valence-corrected chi connectivity index (χ4v) is 4.13. The van der Waals surface area contributed by atoms with Gasteiger partial charge in [-0.1, -0.05) is 19.8 Å². The lowest BCUT2D eigenvalue weighted by molar-refractivity contribution is -0.139. The molecular weight excluding hydrogens is 358 g/mol. The first-order chi connectivity index (χ1) is 11.0. The van der Waals surface area contributed by atoms with Crippen molar-refractivity contribution < 1.29 is 31.5 Å². The van der Waals surface area contributed by atoms with Crippen molar-refractivity contribution in [3.05, 3.63) is 18.2 Å². The van der Waals surface area contributed by atoms with Gasteiger partial charge in [0, 0.05) is 6.26 Å². The zero-order valence-corrected chi connectivity index (χ0v) is 15.3. The van der Waals surface area contributed by atoms with E-state index in [1.54, 1.807) is 0 Å². The Bertz CT molecular complexity index is 800. The van der Waals surface area contributed by atoms with Crippen LogP contribution in [0.3, 0.4) is 0 Å². The van der Waals surface area contributed by atoms with E-state index in [9.17, 15) is 21.6 Å². The van der Waals surface area contributed by atoms with Crippen LogP contribution in [0.15, 0.2) is 28.0 Å². The Hall–Kier alpha value is -1.65. The average molecular weight is 379 g/mol. The van der Waals surface area contributed by atoms with Crippen LogP contribution in [-0.2, 0) is 24.7 Å². The van der Waals surface area contributed by atoms with Gasteiger partial charge in [0.05, 0.1) is 12.0 Å². The number of unbranched alkanes of at least 4 members (excludes halogenated alkanes) is 1. The third-order valence-electron chi connectivity index (χ3n) is 3.29. The van der Waals surface area contributed by atoms with Gasteiger partial charge in [-0.3, -0.25) is 4.79 Å². The van der Waals surface area contributed by atoms with E-state index >= 15 is 0 Å². The van der Waals surface area contributed by atoms with Gasteiger partial charge in [-0.2, -0.15) is 4.72 Å². The third-order valence-corrected chi connectivity index (χ3v) is 5.90. The number of carbonyl (C=O) groups is 1. The lowest BCUT2D eigenvalue weighted by atomic mass is 10.1. The second kappa shape index (κ2) is 7.95. The van der Waals surface area contributed by atoms with Gasteiger partial charge in [0.15, 0.2) is 9.84 Å². The zero-order chi connectivity index (χ0) is 18.5. The van der Waals surface area contributed by atoms with Crippen molar-refractivity contribution in [2.75, 3.05) is 13.4 Å². The van der Waals surface area contributed by atoms with Gasteiger partial charge < -0.3 is 9.84 Å². The molecule has 0 aliphatic rings. The van der Waals surface area contributed by atoms with Gasteiger partial charge >= 0.3 is 5.97 Å². The van der Waals surface area contributed by atoms with Crippen LogP contribution in [-0.4, -0.2) is 47.3 Å². The van der Waals surface area contributed by atoms with Crippen molar-refractivity contribution in [1.82, 2.24) is 4.72 Å². The van der Waals surface area contributed by atoms with Gasteiger partial charge in [-0.05, 0) is 24.6 Å². The molecule has 0 spiro atoms. The minimum Gasteiger partial charge on any atom is -0.495 e. The number of hydrogen-bond acceptors (Lipinski definition) is 6. The lowest BCUT2D eigenvalue weighted by Crippen LogP contribution is -2.40. The number of hydrogen-bond donors (Lipinski definition) is 2. The lowest BCUT2D eigenvalue weighted by Gasteiger charge is -2.16. The number of benzene rings is 1. The Balaban J connectivity index is 3.32. The molecule has 0 aliphatic heterocycles. The molecule has 0 aromatic heterocycles. The molecule has 0 saturated heterocycles. The number of nitrogens with one attached hydrogen (secondary N) is 1. The van der Waals surface area contributed by atoms with Crippen molar-refractivity contribution in [3.63, 3.8) is 0 Å². The van der Waals surface area contributed by atoms with Crippen molar-refractivity contribution in [1.29, 1.82) is 0 Å². The molecule has 0 saturated carbocycles. The van der Waals surface area contributed by atoms with Crippen LogP contribution in [0.25, 0.3) is 0 Å². The molecular formula is C14H21NO7S2. The summed E-state index contributed by atoms with van der Waals surface area (Å²) in [7, 11) is -6.68. The quantitative estimate of drug-likeness (QED) is 0.656. The van der Waals surface area contributed by atoms with E-state index in [0.29, 0.717) is 12.8 Å². The molecule has 24 heavy (non-hydrogen) atoms. The number of sulfonamides is 1. The van der Waals surface area contributed by atoms with Crippen LogP contribution in [0.2, 0.25) is 0 Å². The Morgan fingerprint density at radius 2 is 1.92 bits per heavy atom. The summed E-state index contributed by atoms with van der Waals surface area (Å²) in [5.74, 6) is -1.38. The predicted octanol–water partition coefficient (Wildman–Crippen LogP) is 1.02. The molecule has 1 aromatic carbocycles. The maximum absolute atomic E-state index is 12.5.